The van der Waals surface area contributed by atoms with Crippen LogP contribution in [-0.2, 0) is 52.1 Å². The first kappa shape index (κ1) is 67.7. The van der Waals surface area contributed by atoms with Crippen LogP contribution in [0.25, 0.3) is 0 Å². The predicted molar refractivity (Wildman–Crippen MR) is 284 cm³/mol. The molecule has 86 heavy (non-hydrogen) atoms. The third kappa shape index (κ3) is 12.4. The Kier molecular flexibility index (Phi) is 21.3. The molecule has 498 valence electrons. The molecule has 0 unspecified atom stereocenters. The number of aliphatic hydroxyl groups is 18. The van der Waals surface area contributed by atoms with Crippen LogP contribution in [0.3, 0.4) is 0 Å². The number of hydrogen-bond donors (Lipinski definition) is 18. The lowest BCUT2D eigenvalue weighted by Gasteiger charge is -2.61. The van der Waals surface area contributed by atoms with Gasteiger partial charge in [0.2, 0.25) is 0 Å². The fraction of sp³-hybridized carbons (Fsp3) is 1.00. The smallest absolute Gasteiger partial charge is 0.187 e. The maximum atomic E-state index is 12.1. The number of hydrogen-bond acceptors (Lipinski definition) is 29. The summed E-state index contributed by atoms with van der Waals surface area (Å²) in [7, 11) is 0. The van der Waals surface area contributed by atoms with Gasteiger partial charge in [0.1, 0.15) is 122 Å². The summed E-state index contributed by atoms with van der Waals surface area (Å²) in [4.78, 5) is 0. The Balaban J connectivity index is 0.749. The first-order chi connectivity index (χ1) is 40.8. The molecule has 6 saturated heterocycles. The number of ether oxygens (including phenoxy) is 11. The zero-order valence-corrected chi connectivity index (χ0v) is 49.0. The van der Waals surface area contributed by atoms with Gasteiger partial charge in [0, 0.05) is 12.3 Å². The third-order valence-electron chi connectivity index (χ3n) is 22.2. The maximum absolute atomic E-state index is 12.1. The Bertz CT molecular complexity index is 2190. The van der Waals surface area contributed by atoms with Crippen molar-refractivity contribution in [2.75, 3.05) is 39.6 Å². The van der Waals surface area contributed by atoms with Crippen molar-refractivity contribution >= 4 is 0 Å². The Morgan fingerprint density at radius 2 is 0.930 bits per heavy atom. The van der Waals surface area contributed by atoms with Gasteiger partial charge in [-0.05, 0) is 104 Å². The summed E-state index contributed by atoms with van der Waals surface area (Å²) >= 11 is 0. The summed E-state index contributed by atoms with van der Waals surface area (Å²) in [6.45, 7) is 4.89. The Hall–Kier alpha value is -1.16. The number of rotatable bonds is 19. The summed E-state index contributed by atoms with van der Waals surface area (Å²) < 4.78 is 65.6. The molecule has 10 rings (SSSR count). The van der Waals surface area contributed by atoms with Gasteiger partial charge in [0.25, 0.3) is 0 Å². The van der Waals surface area contributed by atoms with Crippen molar-refractivity contribution in [1.29, 1.82) is 0 Å². The molecular formula is C57H96O29. The van der Waals surface area contributed by atoms with Crippen LogP contribution in [0.5, 0.6) is 0 Å². The molecule has 4 aliphatic carbocycles. The average molecular weight is 1250 g/mol. The van der Waals surface area contributed by atoms with Crippen LogP contribution in [-0.4, -0.2) is 303 Å². The molecule has 0 spiro atoms. The van der Waals surface area contributed by atoms with E-state index < -0.39 is 198 Å². The van der Waals surface area contributed by atoms with E-state index in [0.29, 0.717) is 43.4 Å². The first-order valence-electron chi connectivity index (χ1n) is 30.9. The highest BCUT2D eigenvalue weighted by Crippen LogP contribution is 2.71. The van der Waals surface area contributed by atoms with Crippen molar-refractivity contribution in [2.24, 2.45) is 52.3 Å². The molecule has 29 nitrogen and oxygen atoms in total. The van der Waals surface area contributed by atoms with Crippen LogP contribution in [0.4, 0.5) is 0 Å². The first-order valence-corrected chi connectivity index (χ1v) is 30.9. The van der Waals surface area contributed by atoms with Crippen LogP contribution in [0.1, 0.15) is 91.9 Å². The topological polar surface area (TPSA) is 466 Å². The summed E-state index contributed by atoms with van der Waals surface area (Å²) in [5.74, 6) is 0.0722. The van der Waals surface area contributed by atoms with Crippen LogP contribution in [0.2, 0.25) is 0 Å². The lowest BCUT2D eigenvalue weighted by Crippen LogP contribution is -2.68. The second-order valence-corrected chi connectivity index (χ2v) is 27.1. The minimum atomic E-state index is -2.12. The maximum Gasteiger partial charge on any atom is 0.187 e. The van der Waals surface area contributed by atoms with Gasteiger partial charge in [-0.1, -0.05) is 27.7 Å². The molecule has 0 aromatic carbocycles. The van der Waals surface area contributed by atoms with Gasteiger partial charge >= 0.3 is 0 Å². The second-order valence-electron chi connectivity index (χ2n) is 27.1. The van der Waals surface area contributed by atoms with Gasteiger partial charge in [-0.15, -0.1) is 0 Å². The van der Waals surface area contributed by atoms with Gasteiger partial charge in [-0.25, -0.2) is 0 Å². The van der Waals surface area contributed by atoms with E-state index in [1.54, 1.807) is 0 Å². The van der Waals surface area contributed by atoms with Gasteiger partial charge < -0.3 is 144 Å². The van der Waals surface area contributed by atoms with Crippen molar-refractivity contribution in [3.63, 3.8) is 0 Å². The van der Waals surface area contributed by atoms with Crippen molar-refractivity contribution in [3.8, 4) is 0 Å². The highest BCUT2D eigenvalue weighted by molar-refractivity contribution is 5.15. The molecule has 0 aromatic rings. The molecule has 0 radical (unpaired) electrons. The fourth-order valence-corrected chi connectivity index (χ4v) is 17.1. The molecule has 18 N–H and O–H groups in total. The highest BCUT2D eigenvalue weighted by Gasteiger charge is 2.69. The minimum Gasteiger partial charge on any atom is -0.394 e. The molecule has 6 aliphatic heterocycles. The zero-order valence-electron chi connectivity index (χ0n) is 49.0. The molecule has 10 aliphatic rings. The molecule has 0 amide bonds. The number of aliphatic hydroxyl groups excluding tert-OH is 17. The van der Waals surface area contributed by atoms with Crippen LogP contribution < -0.4 is 0 Å². The normalized spacial score (nSPS) is 55.3. The Morgan fingerprint density at radius 3 is 1.50 bits per heavy atom. The van der Waals surface area contributed by atoms with E-state index in [2.05, 4.69) is 20.8 Å². The van der Waals surface area contributed by atoms with E-state index >= 15 is 0 Å². The quantitative estimate of drug-likeness (QED) is 0.0535. The lowest BCUT2D eigenvalue weighted by molar-refractivity contribution is -0.400. The fourth-order valence-electron chi connectivity index (χ4n) is 17.1. The van der Waals surface area contributed by atoms with Crippen molar-refractivity contribution in [3.05, 3.63) is 0 Å². The molecule has 37 atom stereocenters. The van der Waals surface area contributed by atoms with Gasteiger partial charge in [-0.2, -0.15) is 0 Å². The summed E-state index contributed by atoms with van der Waals surface area (Å²) in [5.41, 5.74) is -0.0892. The van der Waals surface area contributed by atoms with E-state index in [0.717, 1.165) is 38.5 Å². The molecule has 4 saturated carbocycles. The minimum absolute atomic E-state index is 0.0303. The SMILES string of the molecule is C[C@H](CC[C@]1(O)O[C@H]2C[C@H]3[C@@H]4CC[C@H]5C[C@@H](O[C@@H]6O[C@H](CO)[C@H](O[C@@H]7O[C@H](CO)[C@@H](O[C@@H]8O[C@H](CO)[C@@H](O)[C@H](O)[C@H]8O)[C@H](O[C@@H]8O[C@H](CO)[C@@H](O)[C@H](O)[C@H]8O)[C@H]7O)[C@H](O)[C@H]6O)CC[C@]5(C)[C@H]4CC[C@]3(C)[C@H]2[C@@H]1C)CO[C@@H]1O[C@H](CO)[C@@H](O)[C@H](O)[C@H]1O. The van der Waals surface area contributed by atoms with Crippen molar-refractivity contribution in [2.45, 2.75) is 263 Å². The van der Waals surface area contributed by atoms with Crippen LogP contribution in [0.15, 0.2) is 0 Å². The van der Waals surface area contributed by atoms with Gasteiger partial charge in [0.05, 0.1) is 51.8 Å². The Morgan fingerprint density at radius 1 is 0.465 bits per heavy atom. The van der Waals surface area contributed by atoms with E-state index in [9.17, 15) is 91.9 Å². The van der Waals surface area contributed by atoms with Gasteiger partial charge in [0.15, 0.2) is 37.2 Å². The summed E-state index contributed by atoms with van der Waals surface area (Å²) in [6, 6.07) is 0. The molecule has 0 aromatic heterocycles. The number of fused-ring (bicyclic) bond motifs is 7. The van der Waals surface area contributed by atoms with E-state index in [4.69, 9.17) is 52.1 Å². The molecule has 29 heteroatoms. The highest BCUT2D eigenvalue weighted by atomic mass is 16.8. The summed E-state index contributed by atoms with van der Waals surface area (Å²) in [5, 5.41) is 193. The van der Waals surface area contributed by atoms with Crippen molar-refractivity contribution < 1.29 is 144 Å². The molecule has 10 fully saturated rings. The van der Waals surface area contributed by atoms with E-state index in [-0.39, 0.29) is 47.2 Å². The third-order valence-corrected chi connectivity index (χ3v) is 22.2. The molecular weight excluding hydrogens is 1150 g/mol. The van der Waals surface area contributed by atoms with Crippen LogP contribution in [0, 0.1) is 52.3 Å². The predicted octanol–water partition coefficient (Wildman–Crippen LogP) is -6.13. The van der Waals surface area contributed by atoms with Gasteiger partial charge in [-0.3, -0.25) is 0 Å². The average Bonchev–Trinajstić information content (AvgIpc) is 1.66. The standard InChI is InChI=1S/C57H96O29/c1-21(20-76-50-42(70)38(66)35(63)29(15-58)78-50)7-12-57(75)22(2)34-28(86-57)14-27-25-6-5-23-13-24(8-10-55(23,3)26(25)9-11-56(27,34)4)77-51-45(73)41(69)47(32(18-61)81-51)83-54-46(74)49(85-53-44(72)40(68)37(65)31(17-60)80-53)48(33(19-62)82-54)84-52-43(71)39(67)36(64)30(16-59)79-52/h21-54,58-75H,5-20H2,1-4H3/t21-,22+,23+,24+,25-,26+,27+,28+,29-,30-,31-,32-,33-,34+,35-,36-,37-,38+,39+,40+,41-,42-,43-,44-,45-,46-,47+,48-,49-,50-,51-,52+,53+,54+,55+,56+,57+/m1/s1. The van der Waals surface area contributed by atoms with Crippen LogP contribution >= 0.6 is 0 Å². The molecule has 0 bridgehead atoms. The largest absolute Gasteiger partial charge is 0.394 e. The summed E-state index contributed by atoms with van der Waals surface area (Å²) in [6.07, 6.45) is -35.7. The van der Waals surface area contributed by atoms with E-state index in [1.165, 1.54) is 0 Å². The molecule has 6 heterocycles. The van der Waals surface area contributed by atoms with E-state index in [1.807, 2.05) is 6.92 Å². The Labute approximate surface area is 498 Å². The second kappa shape index (κ2) is 27.1. The zero-order chi connectivity index (χ0) is 62.2. The monoisotopic (exact) mass is 1240 g/mol. The lowest BCUT2D eigenvalue weighted by atomic mass is 9.44. The van der Waals surface area contributed by atoms with Crippen molar-refractivity contribution in [1.82, 2.24) is 0 Å².